The molecule has 0 saturated carbocycles. The Kier molecular flexibility index (Phi) is 5.64. The monoisotopic (exact) mass is 330 g/mol. The number of aryl methyl sites for hydroxylation is 2. The van der Waals surface area contributed by atoms with Gasteiger partial charge in [0.15, 0.2) is 0 Å². The average molecular weight is 331 g/mol. The van der Waals surface area contributed by atoms with Gasteiger partial charge in [-0.1, -0.05) is 0 Å². The summed E-state index contributed by atoms with van der Waals surface area (Å²) in [5, 5.41) is 25.8. The van der Waals surface area contributed by atoms with E-state index >= 15 is 0 Å². The molecule has 0 unspecified atom stereocenters. The van der Waals surface area contributed by atoms with Crippen molar-refractivity contribution < 1.29 is 5.11 Å². The Morgan fingerprint density at radius 3 is 1.95 bits per heavy atom. The summed E-state index contributed by atoms with van der Waals surface area (Å²) in [6.07, 6.45) is 2.90. The van der Waals surface area contributed by atoms with E-state index in [-0.39, 0.29) is 5.75 Å². The Labute approximate surface area is 125 Å². The number of pyridine rings is 2. The average Bonchev–Trinajstić information content (AvgIpc) is 2.45. The molecule has 5 nitrogen and oxygen atoms in total. The molecule has 6 heteroatoms. The Morgan fingerprint density at radius 2 is 1.50 bits per heavy atom. The molecule has 2 heterocycles. The molecule has 0 fully saturated rings. The first-order chi connectivity index (χ1) is 9.47. The van der Waals surface area contributed by atoms with Crippen LogP contribution >= 0.6 is 15.9 Å². The lowest BCUT2D eigenvalue weighted by atomic mass is 10.2. The molecule has 0 saturated heterocycles. The van der Waals surface area contributed by atoms with Gasteiger partial charge in [0.25, 0.3) is 0 Å². The zero-order valence-corrected chi connectivity index (χ0v) is 12.5. The highest BCUT2D eigenvalue weighted by Gasteiger charge is 1.96. The van der Waals surface area contributed by atoms with Crippen LogP contribution in [0.4, 0.5) is 0 Å². The highest BCUT2D eigenvalue weighted by Crippen LogP contribution is 2.14. The topological polar surface area (TPSA) is 93.6 Å². The second kappa shape index (κ2) is 7.22. The minimum absolute atomic E-state index is 0.124. The standard InChI is InChI=1S/C7H5BrN2.C7H6N2O/c1-5-2-6(3-9)10-4-7(5)8;1-5-2-6(3-8)9-4-7(5)10/h2,4H,1H3;2,4,10H,1H3. The second-order valence-electron chi connectivity index (χ2n) is 3.90. The molecule has 0 bridgehead atoms. The molecule has 2 rings (SSSR count). The quantitative estimate of drug-likeness (QED) is 0.801. The molecular formula is C14H11BrN4O. The normalized spacial score (nSPS) is 8.85. The third kappa shape index (κ3) is 4.34. The van der Waals surface area contributed by atoms with E-state index in [4.69, 9.17) is 15.6 Å². The van der Waals surface area contributed by atoms with E-state index in [1.165, 1.54) is 12.3 Å². The first-order valence-electron chi connectivity index (χ1n) is 5.56. The molecule has 0 amide bonds. The Bertz CT molecular complexity index is 640. The summed E-state index contributed by atoms with van der Waals surface area (Å²) in [5.74, 6) is 0.124. The Morgan fingerprint density at radius 1 is 1.00 bits per heavy atom. The number of halogens is 1. The van der Waals surface area contributed by atoms with Crippen molar-refractivity contribution in [3.63, 3.8) is 0 Å². The summed E-state index contributed by atoms with van der Waals surface area (Å²) in [4.78, 5) is 7.50. The van der Waals surface area contributed by atoms with Gasteiger partial charge in [0.05, 0.1) is 6.20 Å². The fraction of sp³-hybridized carbons (Fsp3) is 0.143. The van der Waals surface area contributed by atoms with Gasteiger partial charge >= 0.3 is 0 Å². The van der Waals surface area contributed by atoms with E-state index in [0.29, 0.717) is 17.0 Å². The molecule has 0 aliphatic heterocycles. The van der Waals surface area contributed by atoms with Gasteiger partial charge in [-0.25, -0.2) is 9.97 Å². The predicted octanol–water partition coefficient (Wildman–Crippen LogP) is 2.99. The minimum atomic E-state index is 0.124. The van der Waals surface area contributed by atoms with Crippen LogP contribution in [0.3, 0.4) is 0 Å². The van der Waals surface area contributed by atoms with Crippen LogP contribution in [-0.4, -0.2) is 15.1 Å². The molecule has 0 atom stereocenters. The lowest BCUT2D eigenvalue weighted by Crippen LogP contribution is -1.83. The highest BCUT2D eigenvalue weighted by molar-refractivity contribution is 9.10. The molecule has 20 heavy (non-hydrogen) atoms. The first-order valence-corrected chi connectivity index (χ1v) is 6.35. The van der Waals surface area contributed by atoms with Gasteiger partial charge in [0.2, 0.25) is 0 Å². The maximum absolute atomic E-state index is 8.97. The number of aromatic hydroxyl groups is 1. The van der Waals surface area contributed by atoms with Gasteiger partial charge in [-0.2, -0.15) is 10.5 Å². The minimum Gasteiger partial charge on any atom is -0.506 e. The number of rotatable bonds is 0. The number of nitrogens with zero attached hydrogens (tertiary/aromatic N) is 4. The van der Waals surface area contributed by atoms with Crippen molar-refractivity contribution >= 4 is 15.9 Å². The number of hydrogen-bond donors (Lipinski definition) is 1. The summed E-state index contributed by atoms with van der Waals surface area (Å²) in [6, 6.07) is 7.11. The molecule has 0 aliphatic rings. The summed E-state index contributed by atoms with van der Waals surface area (Å²) >= 11 is 3.29. The molecular weight excluding hydrogens is 320 g/mol. The summed E-state index contributed by atoms with van der Waals surface area (Å²) in [6.45, 7) is 3.64. The maximum atomic E-state index is 8.97. The van der Waals surface area contributed by atoms with Crippen LogP contribution in [0.15, 0.2) is 29.0 Å². The molecule has 2 aromatic rings. The van der Waals surface area contributed by atoms with Gasteiger partial charge in [0, 0.05) is 10.7 Å². The van der Waals surface area contributed by atoms with E-state index in [9.17, 15) is 0 Å². The third-order valence-corrected chi connectivity index (χ3v) is 3.19. The van der Waals surface area contributed by atoms with Crippen molar-refractivity contribution in [3.05, 3.63) is 51.5 Å². The number of hydrogen-bond acceptors (Lipinski definition) is 5. The number of aromatic nitrogens is 2. The smallest absolute Gasteiger partial charge is 0.140 e. The summed E-state index contributed by atoms with van der Waals surface area (Å²) in [7, 11) is 0. The molecule has 0 radical (unpaired) electrons. The fourth-order valence-corrected chi connectivity index (χ4v) is 1.43. The lowest BCUT2D eigenvalue weighted by Gasteiger charge is -1.94. The van der Waals surface area contributed by atoms with Crippen molar-refractivity contribution in [1.29, 1.82) is 10.5 Å². The Balaban J connectivity index is 0.000000200. The Hall–Kier alpha value is -2.44. The van der Waals surface area contributed by atoms with Crippen LogP contribution in [0, 0.1) is 36.5 Å². The maximum Gasteiger partial charge on any atom is 0.140 e. The SMILES string of the molecule is Cc1cc(C#N)ncc1Br.Cc1cc(C#N)ncc1O. The van der Waals surface area contributed by atoms with Crippen molar-refractivity contribution in [2.75, 3.05) is 0 Å². The van der Waals surface area contributed by atoms with Crippen molar-refractivity contribution in [2.45, 2.75) is 13.8 Å². The van der Waals surface area contributed by atoms with Crippen LogP contribution in [-0.2, 0) is 0 Å². The second-order valence-corrected chi connectivity index (χ2v) is 4.75. The van der Waals surface area contributed by atoms with Crippen LogP contribution in [0.25, 0.3) is 0 Å². The van der Waals surface area contributed by atoms with E-state index in [0.717, 1.165) is 10.0 Å². The van der Waals surface area contributed by atoms with Gasteiger partial charge in [0.1, 0.15) is 29.3 Å². The first kappa shape index (κ1) is 15.6. The molecule has 0 aliphatic carbocycles. The van der Waals surface area contributed by atoms with Crippen molar-refractivity contribution in [2.24, 2.45) is 0 Å². The van der Waals surface area contributed by atoms with Gasteiger partial charge in [-0.3, -0.25) is 0 Å². The van der Waals surface area contributed by atoms with Crippen LogP contribution in [0.2, 0.25) is 0 Å². The summed E-state index contributed by atoms with van der Waals surface area (Å²) < 4.78 is 0.937. The molecule has 1 N–H and O–H groups in total. The predicted molar refractivity (Wildman–Crippen MR) is 76.7 cm³/mol. The van der Waals surface area contributed by atoms with Gasteiger partial charge in [-0.15, -0.1) is 0 Å². The molecule has 0 aromatic carbocycles. The number of nitriles is 2. The fourth-order valence-electron chi connectivity index (χ4n) is 1.21. The molecule has 2 aromatic heterocycles. The van der Waals surface area contributed by atoms with Crippen LogP contribution in [0.5, 0.6) is 5.75 Å². The van der Waals surface area contributed by atoms with E-state index < -0.39 is 0 Å². The zero-order valence-electron chi connectivity index (χ0n) is 10.9. The van der Waals surface area contributed by atoms with E-state index in [1.807, 2.05) is 19.1 Å². The van der Waals surface area contributed by atoms with E-state index in [2.05, 4.69) is 25.9 Å². The van der Waals surface area contributed by atoms with Crippen LogP contribution in [0.1, 0.15) is 22.5 Å². The highest BCUT2D eigenvalue weighted by atomic mass is 79.9. The lowest BCUT2D eigenvalue weighted by molar-refractivity contribution is 0.468. The van der Waals surface area contributed by atoms with Gasteiger partial charge in [-0.05, 0) is 53.0 Å². The molecule has 100 valence electrons. The van der Waals surface area contributed by atoms with E-state index in [1.54, 1.807) is 19.2 Å². The summed E-state index contributed by atoms with van der Waals surface area (Å²) in [5.41, 5.74) is 2.49. The zero-order chi connectivity index (χ0) is 15.1. The molecule has 0 spiro atoms. The largest absolute Gasteiger partial charge is 0.506 e. The third-order valence-electron chi connectivity index (χ3n) is 2.36. The van der Waals surface area contributed by atoms with Crippen LogP contribution < -0.4 is 0 Å². The van der Waals surface area contributed by atoms with Crippen molar-refractivity contribution in [1.82, 2.24) is 9.97 Å². The van der Waals surface area contributed by atoms with Crippen molar-refractivity contribution in [3.8, 4) is 17.9 Å². The van der Waals surface area contributed by atoms with Gasteiger partial charge < -0.3 is 5.11 Å².